The van der Waals surface area contributed by atoms with Gasteiger partial charge in [0.15, 0.2) is 0 Å². The Kier molecular flexibility index (Phi) is 4.81. The summed E-state index contributed by atoms with van der Waals surface area (Å²) < 4.78 is 4.85. The van der Waals surface area contributed by atoms with Gasteiger partial charge in [-0.3, -0.25) is 9.59 Å². The van der Waals surface area contributed by atoms with E-state index in [2.05, 4.69) is 10.3 Å². The molecule has 1 heterocycles. The van der Waals surface area contributed by atoms with E-state index in [-0.39, 0.29) is 11.4 Å². The second-order valence-corrected chi connectivity index (χ2v) is 3.52. The minimum Gasteiger partial charge on any atom is -0.481 e. The monoisotopic (exact) mass is 268 g/mol. The summed E-state index contributed by atoms with van der Waals surface area (Å²) in [6, 6.07) is 1.35. The van der Waals surface area contributed by atoms with Crippen LogP contribution in [0, 0.1) is 0 Å². The van der Waals surface area contributed by atoms with E-state index in [1.807, 2.05) is 0 Å². The second kappa shape index (κ2) is 6.34. The summed E-state index contributed by atoms with van der Waals surface area (Å²) in [4.78, 5) is 37.0. The van der Waals surface area contributed by atoms with Gasteiger partial charge in [0, 0.05) is 6.20 Å². The normalized spacial score (nSPS) is 11.4. The highest BCUT2D eigenvalue weighted by Crippen LogP contribution is 2.13. The third-order valence-electron chi connectivity index (χ3n) is 2.19. The molecule has 8 heteroatoms. The highest BCUT2D eigenvalue weighted by Gasteiger charge is 2.25. The molecule has 102 valence electrons. The Balaban J connectivity index is 2.87. The van der Waals surface area contributed by atoms with E-state index in [4.69, 9.17) is 14.9 Å². The van der Waals surface area contributed by atoms with Gasteiger partial charge in [0.05, 0.1) is 13.5 Å². The lowest BCUT2D eigenvalue weighted by Crippen LogP contribution is -2.42. The van der Waals surface area contributed by atoms with Crippen LogP contribution < -0.4 is 10.1 Å². The first-order chi connectivity index (χ1) is 8.95. The SMILES string of the molecule is COc1ncccc1C(=O)NC(CC(=O)O)C(=O)O. The fourth-order valence-corrected chi connectivity index (χ4v) is 1.34. The van der Waals surface area contributed by atoms with Crippen molar-refractivity contribution in [2.45, 2.75) is 12.5 Å². The zero-order chi connectivity index (χ0) is 14.4. The number of aliphatic carboxylic acids is 2. The minimum absolute atomic E-state index is 0.0273. The Morgan fingerprint density at radius 3 is 2.63 bits per heavy atom. The van der Waals surface area contributed by atoms with Crippen LogP contribution in [0.3, 0.4) is 0 Å². The standard InChI is InChI=1S/C11H12N2O6/c1-19-10-6(3-2-4-12-10)9(16)13-7(11(17)18)5-8(14)15/h2-4,7H,5H2,1H3,(H,13,16)(H,14,15)(H,17,18). The van der Waals surface area contributed by atoms with E-state index in [0.717, 1.165) is 0 Å². The van der Waals surface area contributed by atoms with E-state index in [1.165, 1.54) is 25.4 Å². The van der Waals surface area contributed by atoms with Gasteiger partial charge in [-0.25, -0.2) is 9.78 Å². The number of carbonyl (C=O) groups excluding carboxylic acids is 1. The van der Waals surface area contributed by atoms with E-state index >= 15 is 0 Å². The Bertz CT molecular complexity index is 502. The summed E-state index contributed by atoms with van der Waals surface area (Å²) in [5.41, 5.74) is 0.0293. The molecule has 0 aromatic carbocycles. The number of rotatable bonds is 6. The van der Waals surface area contributed by atoms with Crippen LogP contribution in [0.5, 0.6) is 5.88 Å². The van der Waals surface area contributed by atoms with Crippen molar-refractivity contribution in [3.63, 3.8) is 0 Å². The zero-order valence-corrected chi connectivity index (χ0v) is 9.99. The van der Waals surface area contributed by atoms with Crippen LogP contribution in [-0.2, 0) is 9.59 Å². The molecule has 8 nitrogen and oxygen atoms in total. The molecule has 0 aliphatic carbocycles. The molecule has 0 bridgehead atoms. The number of aromatic nitrogens is 1. The van der Waals surface area contributed by atoms with Gasteiger partial charge in [-0.15, -0.1) is 0 Å². The van der Waals surface area contributed by atoms with Crippen LogP contribution in [-0.4, -0.2) is 46.2 Å². The molecule has 0 aliphatic rings. The molecule has 19 heavy (non-hydrogen) atoms. The number of hydrogen-bond acceptors (Lipinski definition) is 5. The average Bonchev–Trinajstić information content (AvgIpc) is 2.37. The van der Waals surface area contributed by atoms with Crippen molar-refractivity contribution in [2.75, 3.05) is 7.11 Å². The number of carbonyl (C=O) groups is 3. The van der Waals surface area contributed by atoms with E-state index in [1.54, 1.807) is 0 Å². The zero-order valence-electron chi connectivity index (χ0n) is 9.99. The second-order valence-electron chi connectivity index (χ2n) is 3.52. The van der Waals surface area contributed by atoms with Crippen molar-refractivity contribution >= 4 is 17.8 Å². The molecule has 1 unspecified atom stereocenters. The number of nitrogens with zero attached hydrogens (tertiary/aromatic N) is 1. The molecule has 1 aromatic rings. The lowest BCUT2D eigenvalue weighted by molar-refractivity contribution is -0.145. The van der Waals surface area contributed by atoms with Crippen LogP contribution in [0.4, 0.5) is 0 Å². The summed E-state index contributed by atoms with van der Waals surface area (Å²) in [5.74, 6) is -3.50. The smallest absolute Gasteiger partial charge is 0.326 e. The van der Waals surface area contributed by atoms with E-state index in [9.17, 15) is 14.4 Å². The molecular weight excluding hydrogens is 256 g/mol. The van der Waals surface area contributed by atoms with Crippen LogP contribution in [0.25, 0.3) is 0 Å². The maximum atomic E-state index is 11.8. The van der Waals surface area contributed by atoms with Crippen LogP contribution >= 0.6 is 0 Å². The van der Waals surface area contributed by atoms with Crippen LogP contribution in [0.2, 0.25) is 0 Å². The van der Waals surface area contributed by atoms with Crippen LogP contribution in [0.15, 0.2) is 18.3 Å². The van der Waals surface area contributed by atoms with E-state index in [0.29, 0.717) is 0 Å². The topological polar surface area (TPSA) is 126 Å². The summed E-state index contributed by atoms with van der Waals surface area (Å²) in [7, 11) is 1.31. The van der Waals surface area contributed by atoms with Crippen molar-refractivity contribution in [3.05, 3.63) is 23.9 Å². The molecular formula is C11H12N2O6. The first-order valence-corrected chi connectivity index (χ1v) is 5.20. The maximum absolute atomic E-state index is 11.8. The number of nitrogens with one attached hydrogen (secondary N) is 1. The van der Waals surface area contributed by atoms with Gasteiger partial charge in [0.2, 0.25) is 5.88 Å². The highest BCUT2D eigenvalue weighted by molar-refractivity contribution is 5.99. The van der Waals surface area contributed by atoms with Gasteiger partial charge in [-0.05, 0) is 12.1 Å². The summed E-state index contributed by atoms with van der Waals surface area (Å²) in [6.07, 6.45) is 0.686. The number of hydrogen-bond donors (Lipinski definition) is 3. The summed E-state index contributed by atoms with van der Waals surface area (Å²) in [6.45, 7) is 0. The lowest BCUT2D eigenvalue weighted by atomic mass is 10.2. The Labute approximate surface area is 108 Å². The fourth-order valence-electron chi connectivity index (χ4n) is 1.34. The van der Waals surface area contributed by atoms with Crippen molar-refractivity contribution in [3.8, 4) is 5.88 Å². The molecule has 1 amide bonds. The van der Waals surface area contributed by atoms with Crippen molar-refractivity contribution < 1.29 is 29.3 Å². The van der Waals surface area contributed by atoms with Gasteiger partial charge >= 0.3 is 11.9 Å². The number of methoxy groups -OCH3 is 1. The molecule has 1 rings (SSSR count). The number of ether oxygens (including phenoxy) is 1. The van der Waals surface area contributed by atoms with Gasteiger partial charge in [0.1, 0.15) is 11.6 Å². The van der Waals surface area contributed by atoms with Crippen LogP contribution in [0.1, 0.15) is 16.8 Å². The van der Waals surface area contributed by atoms with Gasteiger partial charge in [-0.2, -0.15) is 0 Å². The molecule has 0 fully saturated rings. The maximum Gasteiger partial charge on any atom is 0.326 e. The van der Waals surface area contributed by atoms with Crippen molar-refractivity contribution in [2.24, 2.45) is 0 Å². The van der Waals surface area contributed by atoms with Gasteiger partial charge in [0.25, 0.3) is 5.91 Å². The number of carboxylic acid groups (broad SMARTS) is 2. The molecule has 0 spiro atoms. The number of carboxylic acids is 2. The minimum atomic E-state index is -1.52. The fraction of sp³-hybridized carbons (Fsp3) is 0.273. The Morgan fingerprint density at radius 1 is 1.42 bits per heavy atom. The highest BCUT2D eigenvalue weighted by atomic mass is 16.5. The molecule has 0 aliphatic heterocycles. The van der Waals surface area contributed by atoms with Gasteiger partial charge < -0.3 is 20.3 Å². The molecule has 1 atom stereocenters. The predicted octanol–water partition coefficient (Wildman–Crippen LogP) is -0.252. The molecule has 0 saturated carbocycles. The summed E-state index contributed by atoms with van der Waals surface area (Å²) >= 11 is 0. The average molecular weight is 268 g/mol. The molecule has 0 saturated heterocycles. The molecule has 0 radical (unpaired) electrons. The third-order valence-corrected chi connectivity index (χ3v) is 2.19. The van der Waals surface area contributed by atoms with E-state index < -0.39 is 30.3 Å². The first kappa shape index (κ1) is 14.4. The molecule has 1 aromatic heterocycles. The third kappa shape index (κ3) is 3.95. The quantitative estimate of drug-likeness (QED) is 0.649. The Hall–Kier alpha value is -2.64. The van der Waals surface area contributed by atoms with Crippen molar-refractivity contribution in [1.82, 2.24) is 10.3 Å². The summed E-state index contributed by atoms with van der Waals surface area (Å²) in [5, 5.41) is 19.5. The lowest BCUT2D eigenvalue weighted by Gasteiger charge is -2.13. The number of pyridine rings is 1. The predicted molar refractivity (Wildman–Crippen MR) is 61.9 cm³/mol. The largest absolute Gasteiger partial charge is 0.481 e. The van der Waals surface area contributed by atoms with Gasteiger partial charge in [-0.1, -0.05) is 0 Å². The first-order valence-electron chi connectivity index (χ1n) is 5.20. The van der Waals surface area contributed by atoms with Crippen molar-refractivity contribution in [1.29, 1.82) is 0 Å². The molecule has 3 N–H and O–H groups in total. The Morgan fingerprint density at radius 2 is 2.11 bits per heavy atom. The number of amides is 1.